The van der Waals surface area contributed by atoms with Gasteiger partial charge in [-0.25, -0.2) is 18.3 Å². The Morgan fingerprint density at radius 3 is 1.36 bits per heavy atom. The molecule has 0 amide bonds. The van der Waals surface area contributed by atoms with Gasteiger partial charge in [0.15, 0.2) is 22.1 Å². The molecule has 0 radical (unpaired) electrons. The Labute approximate surface area is 195 Å². The van der Waals surface area contributed by atoms with Crippen LogP contribution >= 0.6 is 0 Å². The number of benzene rings is 2. The fourth-order valence-corrected chi connectivity index (χ4v) is 4.43. The van der Waals surface area contributed by atoms with Crippen LogP contribution in [-0.2, 0) is 41.4 Å². The second kappa shape index (κ2) is 10.9. The first-order valence-corrected chi connectivity index (χ1v) is 11.7. The van der Waals surface area contributed by atoms with Gasteiger partial charge in [-0.3, -0.25) is 0 Å². The van der Waals surface area contributed by atoms with E-state index in [0.29, 0.717) is 39.6 Å². The molecule has 0 aliphatic carbocycles. The fraction of sp³-hybridized carbons (Fsp3) is 0.462. The maximum Gasteiger partial charge on any atom is 0.254 e. The van der Waals surface area contributed by atoms with Crippen LogP contribution in [0.4, 0.5) is 0 Å². The van der Waals surface area contributed by atoms with E-state index in [2.05, 4.69) is 94.7 Å². The number of para-hydroxylation sites is 4. The van der Waals surface area contributed by atoms with Crippen molar-refractivity contribution in [1.29, 1.82) is 0 Å². The summed E-state index contributed by atoms with van der Waals surface area (Å²) in [6, 6.07) is 16.9. The van der Waals surface area contributed by atoms with Crippen molar-refractivity contribution >= 4 is 22.1 Å². The number of hydrogen-bond donors (Lipinski definition) is 0. The van der Waals surface area contributed by atoms with Gasteiger partial charge in [0, 0.05) is 13.8 Å². The maximum absolute atomic E-state index is 5.79. The van der Waals surface area contributed by atoms with Gasteiger partial charge in [-0.2, -0.15) is 0 Å². The fourth-order valence-electron chi connectivity index (χ4n) is 4.43. The van der Waals surface area contributed by atoms with Crippen molar-refractivity contribution in [2.75, 3.05) is 39.6 Å². The average molecular weight is 453 g/mol. The Morgan fingerprint density at radius 2 is 0.939 bits per heavy atom. The van der Waals surface area contributed by atoms with Gasteiger partial charge < -0.3 is 14.2 Å². The highest BCUT2D eigenvalue weighted by Crippen LogP contribution is 2.14. The lowest BCUT2D eigenvalue weighted by Gasteiger charge is -2.07. The first-order valence-electron chi connectivity index (χ1n) is 11.7. The number of ether oxygens (including phenoxy) is 3. The molecule has 7 nitrogen and oxygen atoms in total. The monoisotopic (exact) mass is 452 g/mol. The second-order valence-electron chi connectivity index (χ2n) is 8.33. The molecule has 0 bridgehead atoms. The Hall–Kier alpha value is -2.74. The van der Waals surface area contributed by atoms with Crippen molar-refractivity contribution in [2.24, 2.45) is 14.1 Å². The number of hydrogen-bond acceptors (Lipinski definition) is 3. The molecule has 2 aromatic carbocycles. The minimum atomic E-state index is 0.583. The molecule has 0 spiro atoms. The zero-order chi connectivity index (χ0) is 23.2. The Balaban J connectivity index is 1.09. The lowest BCUT2D eigenvalue weighted by atomic mass is 10.3. The molecule has 4 rings (SSSR count). The molecule has 0 unspecified atom stereocenters. The summed E-state index contributed by atoms with van der Waals surface area (Å²) >= 11 is 0. The van der Waals surface area contributed by atoms with Gasteiger partial charge in [0.25, 0.3) is 11.6 Å². The van der Waals surface area contributed by atoms with Gasteiger partial charge in [-0.15, -0.1) is 0 Å². The Kier molecular flexibility index (Phi) is 7.75. The van der Waals surface area contributed by atoms with Crippen molar-refractivity contribution in [1.82, 2.24) is 9.13 Å². The van der Waals surface area contributed by atoms with Crippen LogP contribution in [0.3, 0.4) is 0 Å². The largest absolute Gasteiger partial charge is 0.377 e. The maximum atomic E-state index is 5.79. The second-order valence-corrected chi connectivity index (χ2v) is 8.33. The van der Waals surface area contributed by atoms with Crippen molar-refractivity contribution < 1.29 is 23.3 Å². The minimum absolute atomic E-state index is 0.583. The van der Waals surface area contributed by atoms with E-state index in [-0.39, 0.29) is 0 Å². The summed E-state index contributed by atoms with van der Waals surface area (Å²) in [5.41, 5.74) is 4.97. The predicted molar refractivity (Wildman–Crippen MR) is 128 cm³/mol. The van der Waals surface area contributed by atoms with Crippen LogP contribution in [-0.4, -0.2) is 48.8 Å². The van der Waals surface area contributed by atoms with Crippen molar-refractivity contribution in [2.45, 2.75) is 26.9 Å². The number of aryl methyl sites for hydroxylation is 2. The summed E-state index contributed by atoms with van der Waals surface area (Å²) in [6.45, 7) is 9.64. The summed E-state index contributed by atoms with van der Waals surface area (Å²) in [4.78, 5) is 0. The van der Waals surface area contributed by atoms with E-state index in [0.717, 1.165) is 13.1 Å². The van der Waals surface area contributed by atoms with Crippen LogP contribution in [0.2, 0.25) is 0 Å². The summed E-state index contributed by atoms with van der Waals surface area (Å²) in [5.74, 6) is 2.45. The Morgan fingerprint density at radius 1 is 0.576 bits per heavy atom. The average Bonchev–Trinajstić information content (AvgIpc) is 3.23. The van der Waals surface area contributed by atoms with Crippen LogP contribution in [0.5, 0.6) is 0 Å². The van der Waals surface area contributed by atoms with Gasteiger partial charge in [0.1, 0.15) is 13.1 Å². The van der Waals surface area contributed by atoms with Crippen LogP contribution in [0.25, 0.3) is 22.1 Å². The number of rotatable bonds is 12. The van der Waals surface area contributed by atoms with Crippen LogP contribution < -0.4 is 9.13 Å². The topological polar surface area (TPSA) is 45.3 Å². The van der Waals surface area contributed by atoms with Crippen molar-refractivity contribution in [3.63, 3.8) is 0 Å². The van der Waals surface area contributed by atoms with E-state index in [1.807, 2.05) is 0 Å². The molecule has 0 saturated carbocycles. The lowest BCUT2D eigenvalue weighted by Crippen LogP contribution is -2.31. The highest BCUT2D eigenvalue weighted by atomic mass is 16.5. The molecule has 0 N–H and O–H groups in total. The minimum Gasteiger partial charge on any atom is -0.377 e. The molecule has 4 aromatic rings. The normalized spacial score (nSPS) is 11.8. The summed E-state index contributed by atoms with van der Waals surface area (Å²) < 4.78 is 26.3. The Bertz CT molecular complexity index is 1120. The smallest absolute Gasteiger partial charge is 0.254 e. The molecular formula is C26H36N4O3+2. The third-order valence-corrected chi connectivity index (χ3v) is 6.48. The van der Waals surface area contributed by atoms with Crippen molar-refractivity contribution in [3.05, 3.63) is 60.2 Å². The number of fused-ring (bicyclic) bond motifs is 2. The molecule has 176 valence electrons. The van der Waals surface area contributed by atoms with E-state index in [4.69, 9.17) is 14.2 Å². The van der Waals surface area contributed by atoms with E-state index in [1.165, 1.54) is 33.7 Å². The van der Waals surface area contributed by atoms with Gasteiger partial charge in [0.2, 0.25) is 0 Å². The SMILES string of the molecule is Cc1n(CCOCCOCCOCCn2c(C)[n+](C)c3ccccc32)c2ccccc2[n+]1C. The van der Waals surface area contributed by atoms with Crippen LogP contribution in [0.15, 0.2) is 48.5 Å². The zero-order valence-electron chi connectivity index (χ0n) is 20.3. The molecule has 7 heteroatoms. The van der Waals surface area contributed by atoms with E-state index >= 15 is 0 Å². The molecule has 0 fully saturated rings. The van der Waals surface area contributed by atoms with Crippen LogP contribution in [0.1, 0.15) is 11.6 Å². The third kappa shape index (κ3) is 5.11. The lowest BCUT2D eigenvalue weighted by molar-refractivity contribution is -0.652. The molecule has 33 heavy (non-hydrogen) atoms. The zero-order valence-corrected chi connectivity index (χ0v) is 20.3. The molecule has 0 atom stereocenters. The number of nitrogens with zero attached hydrogens (tertiary/aromatic N) is 4. The van der Waals surface area contributed by atoms with Gasteiger partial charge >= 0.3 is 0 Å². The molecular weight excluding hydrogens is 416 g/mol. The highest BCUT2D eigenvalue weighted by Gasteiger charge is 2.18. The van der Waals surface area contributed by atoms with Gasteiger partial charge in [-0.1, -0.05) is 24.3 Å². The summed E-state index contributed by atoms with van der Waals surface area (Å²) in [7, 11) is 4.21. The van der Waals surface area contributed by atoms with Gasteiger partial charge in [-0.05, 0) is 24.3 Å². The van der Waals surface area contributed by atoms with Gasteiger partial charge in [0.05, 0.1) is 53.7 Å². The molecule has 0 aliphatic heterocycles. The third-order valence-electron chi connectivity index (χ3n) is 6.48. The number of imidazole rings is 2. The molecule has 2 heterocycles. The van der Waals surface area contributed by atoms with Crippen molar-refractivity contribution in [3.8, 4) is 0 Å². The van der Waals surface area contributed by atoms with E-state index in [9.17, 15) is 0 Å². The van der Waals surface area contributed by atoms with E-state index < -0.39 is 0 Å². The predicted octanol–water partition coefficient (Wildman–Crippen LogP) is 2.61. The molecule has 0 aliphatic rings. The first-order chi connectivity index (χ1) is 16.1. The molecule has 2 aromatic heterocycles. The van der Waals surface area contributed by atoms with Crippen LogP contribution in [0, 0.1) is 13.8 Å². The first kappa shape index (κ1) is 23.4. The molecule has 0 saturated heterocycles. The van der Waals surface area contributed by atoms with E-state index in [1.54, 1.807) is 0 Å². The quantitative estimate of drug-likeness (QED) is 0.245. The number of aromatic nitrogens is 4. The standard InChI is InChI=1S/C26H36N4O3/c1-21-27(3)23-9-5-7-11-25(23)29(21)13-15-31-17-19-33-20-18-32-16-14-30-22(2)28(4)24-10-6-8-12-26(24)30/h5-12H,13-20H2,1-4H3/q+2. The highest BCUT2D eigenvalue weighted by molar-refractivity contribution is 5.72. The summed E-state index contributed by atoms with van der Waals surface area (Å²) in [5, 5.41) is 0. The summed E-state index contributed by atoms with van der Waals surface area (Å²) in [6.07, 6.45) is 0.